The van der Waals surface area contributed by atoms with E-state index in [4.69, 9.17) is 4.74 Å². The zero-order valence-electron chi connectivity index (χ0n) is 18.7. The zero-order chi connectivity index (χ0) is 22.3. The summed E-state index contributed by atoms with van der Waals surface area (Å²) in [6.07, 6.45) is 8.32. The highest BCUT2D eigenvalue weighted by molar-refractivity contribution is 5.94. The number of benzene rings is 1. The molecule has 2 aliphatic heterocycles. The van der Waals surface area contributed by atoms with Crippen molar-refractivity contribution in [3.05, 3.63) is 24.0 Å². The predicted octanol–water partition coefficient (Wildman–Crippen LogP) is 3.97. The SMILES string of the molecule is O=C(NCC(C1CCOC1)N1CCCC1)Nc1ccc(F)c(NC(=O)C2CCCCC2)c1. The van der Waals surface area contributed by atoms with Gasteiger partial charge in [0.1, 0.15) is 5.82 Å². The molecule has 1 aliphatic carbocycles. The van der Waals surface area contributed by atoms with Crippen molar-refractivity contribution < 1.29 is 18.7 Å². The second-order valence-electron chi connectivity index (χ2n) is 9.29. The minimum atomic E-state index is -0.504. The molecule has 176 valence electrons. The number of amides is 3. The first kappa shape index (κ1) is 23.0. The summed E-state index contributed by atoms with van der Waals surface area (Å²) in [5.41, 5.74) is 0.557. The van der Waals surface area contributed by atoms with Gasteiger partial charge in [-0.05, 0) is 63.4 Å². The number of anilines is 2. The molecule has 0 radical (unpaired) electrons. The van der Waals surface area contributed by atoms with Crippen LogP contribution in [0.4, 0.5) is 20.6 Å². The molecule has 0 spiro atoms. The molecular formula is C24H35FN4O3. The van der Waals surface area contributed by atoms with Gasteiger partial charge in [0.25, 0.3) is 0 Å². The Hall–Kier alpha value is -2.19. The van der Waals surface area contributed by atoms with Crippen molar-refractivity contribution >= 4 is 23.3 Å². The summed E-state index contributed by atoms with van der Waals surface area (Å²) in [6, 6.07) is 4.20. The molecule has 2 saturated heterocycles. The van der Waals surface area contributed by atoms with E-state index in [1.807, 2.05) is 0 Å². The third-order valence-electron chi connectivity index (χ3n) is 7.05. The fourth-order valence-corrected chi connectivity index (χ4v) is 5.19. The molecule has 2 unspecified atom stereocenters. The van der Waals surface area contributed by atoms with Gasteiger partial charge in [-0.2, -0.15) is 0 Å². The van der Waals surface area contributed by atoms with Gasteiger partial charge in [0.05, 0.1) is 12.3 Å². The number of rotatable bonds is 7. The van der Waals surface area contributed by atoms with Crippen LogP contribution in [0.15, 0.2) is 18.2 Å². The maximum absolute atomic E-state index is 14.3. The first-order valence-electron chi connectivity index (χ1n) is 12.1. The summed E-state index contributed by atoms with van der Waals surface area (Å²) in [7, 11) is 0. The number of nitrogens with zero attached hydrogens (tertiary/aromatic N) is 1. The third-order valence-corrected chi connectivity index (χ3v) is 7.05. The molecule has 1 aromatic rings. The molecule has 3 aliphatic rings. The molecule has 1 saturated carbocycles. The fraction of sp³-hybridized carbons (Fsp3) is 0.667. The number of carbonyl (C=O) groups is 2. The minimum Gasteiger partial charge on any atom is -0.381 e. The molecule has 2 heterocycles. The van der Waals surface area contributed by atoms with Crippen molar-refractivity contribution in [3.8, 4) is 0 Å². The summed E-state index contributed by atoms with van der Waals surface area (Å²) in [4.78, 5) is 27.5. The maximum Gasteiger partial charge on any atom is 0.319 e. The smallest absolute Gasteiger partial charge is 0.319 e. The Morgan fingerprint density at radius 1 is 1.06 bits per heavy atom. The number of carbonyl (C=O) groups excluding carboxylic acids is 2. The van der Waals surface area contributed by atoms with Crippen molar-refractivity contribution in [2.75, 3.05) is 43.5 Å². The third kappa shape index (κ3) is 5.98. The van der Waals surface area contributed by atoms with E-state index in [0.29, 0.717) is 18.2 Å². The lowest BCUT2D eigenvalue weighted by atomic mass is 9.88. The summed E-state index contributed by atoms with van der Waals surface area (Å²) >= 11 is 0. The van der Waals surface area contributed by atoms with Crippen LogP contribution in [0, 0.1) is 17.7 Å². The molecular weight excluding hydrogens is 411 g/mol. The van der Waals surface area contributed by atoms with Crippen LogP contribution < -0.4 is 16.0 Å². The Labute approximate surface area is 189 Å². The Morgan fingerprint density at radius 3 is 2.56 bits per heavy atom. The Kier molecular flexibility index (Phi) is 7.97. The van der Waals surface area contributed by atoms with Crippen molar-refractivity contribution in [3.63, 3.8) is 0 Å². The van der Waals surface area contributed by atoms with Crippen molar-refractivity contribution in [2.24, 2.45) is 11.8 Å². The second-order valence-corrected chi connectivity index (χ2v) is 9.29. The summed E-state index contributed by atoms with van der Waals surface area (Å²) in [6.45, 7) is 4.20. The van der Waals surface area contributed by atoms with E-state index in [2.05, 4.69) is 20.9 Å². The highest BCUT2D eigenvalue weighted by atomic mass is 19.1. The van der Waals surface area contributed by atoms with Gasteiger partial charge in [-0.1, -0.05) is 19.3 Å². The standard InChI is InChI=1S/C24H35FN4O3/c25-20-9-8-19(14-21(20)28-23(30)17-6-2-1-3-7-17)27-24(31)26-15-22(18-10-13-32-16-18)29-11-4-5-12-29/h8-9,14,17-18,22H,1-7,10-13,15-16H2,(H,28,30)(H2,26,27,31). The number of urea groups is 1. The molecule has 1 aromatic carbocycles. The van der Waals surface area contributed by atoms with Crippen molar-refractivity contribution in [1.29, 1.82) is 0 Å². The number of nitrogens with one attached hydrogen (secondary N) is 3. The molecule has 0 bridgehead atoms. The average Bonchev–Trinajstić information content (AvgIpc) is 3.52. The van der Waals surface area contributed by atoms with E-state index < -0.39 is 5.82 Å². The molecule has 3 amide bonds. The largest absolute Gasteiger partial charge is 0.381 e. The molecule has 3 fully saturated rings. The van der Waals surface area contributed by atoms with Crippen LogP contribution in [0.3, 0.4) is 0 Å². The normalized spacial score (nSPS) is 23.1. The van der Waals surface area contributed by atoms with E-state index in [0.717, 1.165) is 64.8 Å². The van der Waals surface area contributed by atoms with Gasteiger partial charge in [-0.3, -0.25) is 9.69 Å². The van der Waals surface area contributed by atoms with Crippen molar-refractivity contribution in [1.82, 2.24) is 10.2 Å². The van der Waals surface area contributed by atoms with E-state index >= 15 is 0 Å². The quantitative estimate of drug-likeness (QED) is 0.592. The molecule has 2 atom stereocenters. The van der Waals surface area contributed by atoms with Crippen LogP contribution in [0.25, 0.3) is 0 Å². The molecule has 32 heavy (non-hydrogen) atoms. The number of likely N-dealkylation sites (tertiary alicyclic amines) is 1. The van der Waals surface area contributed by atoms with Crippen LogP contribution in [-0.4, -0.2) is 55.7 Å². The van der Waals surface area contributed by atoms with Crippen LogP contribution in [-0.2, 0) is 9.53 Å². The van der Waals surface area contributed by atoms with E-state index in [1.165, 1.54) is 31.0 Å². The molecule has 4 rings (SSSR count). The Morgan fingerprint density at radius 2 is 1.84 bits per heavy atom. The number of hydrogen-bond donors (Lipinski definition) is 3. The topological polar surface area (TPSA) is 82.7 Å². The number of hydrogen-bond acceptors (Lipinski definition) is 4. The average molecular weight is 447 g/mol. The first-order valence-corrected chi connectivity index (χ1v) is 12.1. The maximum atomic E-state index is 14.3. The van der Waals surface area contributed by atoms with Crippen LogP contribution in [0.5, 0.6) is 0 Å². The summed E-state index contributed by atoms with van der Waals surface area (Å²) < 4.78 is 19.8. The summed E-state index contributed by atoms with van der Waals surface area (Å²) in [5, 5.41) is 8.48. The molecule has 0 aromatic heterocycles. The molecule has 3 N–H and O–H groups in total. The lowest BCUT2D eigenvalue weighted by molar-refractivity contribution is -0.120. The van der Waals surface area contributed by atoms with Gasteiger partial charge in [-0.25, -0.2) is 9.18 Å². The fourth-order valence-electron chi connectivity index (χ4n) is 5.19. The van der Waals surface area contributed by atoms with Gasteiger partial charge in [-0.15, -0.1) is 0 Å². The second kappa shape index (κ2) is 11.1. The van der Waals surface area contributed by atoms with Gasteiger partial charge >= 0.3 is 6.03 Å². The van der Waals surface area contributed by atoms with Crippen LogP contribution in [0.2, 0.25) is 0 Å². The van der Waals surface area contributed by atoms with Crippen LogP contribution in [0.1, 0.15) is 51.4 Å². The van der Waals surface area contributed by atoms with Gasteiger partial charge < -0.3 is 20.7 Å². The predicted molar refractivity (Wildman–Crippen MR) is 122 cm³/mol. The van der Waals surface area contributed by atoms with E-state index in [9.17, 15) is 14.0 Å². The summed E-state index contributed by atoms with van der Waals surface area (Å²) in [5.74, 6) is -0.279. The van der Waals surface area contributed by atoms with E-state index in [-0.39, 0.29) is 29.6 Å². The minimum absolute atomic E-state index is 0.0647. The first-order chi connectivity index (χ1) is 15.6. The van der Waals surface area contributed by atoms with Crippen LogP contribution >= 0.6 is 0 Å². The Bertz CT molecular complexity index is 771. The zero-order valence-corrected chi connectivity index (χ0v) is 18.7. The number of ether oxygens (including phenoxy) is 1. The highest BCUT2D eigenvalue weighted by Crippen LogP contribution is 2.27. The lowest BCUT2D eigenvalue weighted by Crippen LogP contribution is -2.48. The van der Waals surface area contributed by atoms with Crippen molar-refractivity contribution in [2.45, 2.75) is 57.4 Å². The van der Waals surface area contributed by atoms with Gasteiger partial charge in [0.2, 0.25) is 5.91 Å². The number of halogens is 1. The van der Waals surface area contributed by atoms with E-state index in [1.54, 1.807) is 0 Å². The van der Waals surface area contributed by atoms with Gasteiger partial charge in [0.15, 0.2) is 0 Å². The lowest BCUT2D eigenvalue weighted by Gasteiger charge is -2.32. The monoisotopic (exact) mass is 446 g/mol. The highest BCUT2D eigenvalue weighted by Gasteiger charge is 2.32. The Balaban J connectivity index is 1.32. The van der Waals surface area contributed by atoms with Gasteiger partial charge in [0, 0.05) is 36.7 Å². The molecule has 8 heteroatoms. The molecule has 7 nitrogen and oxygen atoms in total.